The standard InChI is InChI=1S/C24H25N3O2/c1-29-22-14-16-26(17-15-22)23(28)13-12-20-18-27(21-10-6-3-7-11-21)25-24(20)19-8-4-2-5-9-19/h2-13,18,22H,14-17H2,1H3. The highest BCUT2D eigenvalue weighted by atomic mass is 16.5. The van der Waals surface area contributed by atoms with Gasteiger partial charge in [0.15, 0.2) is 0 Å². The van der Waals surface area contributed by atoms with E-state index in [1.54, 1.807) is 13.2 Å². The highest BCUT2D eigenvalue weighted by Crippen LogP contribution is 2.25. The number of benzene rings is 2. The largest absolute Gasteiger partial charge is 0.381 e. The zero-order valence-electron chi connectivity index (χ0n) is 16.6. The summed E-state index contributed by atoms with van der Waals surface area (Å²) in [7, 11) is 1.73. The van der Waals surface area contributed by atoms with Crippen molar-refractivity contribution < 1.29 is 9.53 Å². The maximum Gasteiger partial charge on any atom is 0.246 e. The molecular weight excluding hydrogens is 362 g/mol. The van der Waals surface area contributed by atoms with Gasteiger partial charge in [-0.05, 0) is 31.1 Å². The van der Waals surface area contributed by atoms with Gasteiger partial charge < -0.3 is 9.64 Å². The number of hydrogen-bond acceptors (Lipinski definition) is 3. The minimum absolute atomic E-state index is 0.0334. The number of methoxy groups -OCH3 is 1. The van der Waals surface area contributed by atoms with Crippen LogP contribution >= 0.6 is 0 Å². The molecule has 2 aromatic carbocycles. The Morgan fingerprint density at radius 3 is 2.34 bits per heavy atom. The maximum atomic E-state index is 12.7. The molecule has 1 fully saturated rings. The molecule has 0 saturated carbocycles. The Balaban J connectivity index is 1.59. The third-order valence-electron chi connectivity index (χ3n) is 5.30. The van der Waals surface area contributed by atoms with E-state index in [-0.39, 0.29) is 12.0 Å². The summed E-state index contributed by atoms with van der Waals surface area (Å²) in [5.74, 6) is 0.0334. The molecule has 29 heavy (non-hydrogen) atoms. The number of para-hydroxylation sites is 1. The number of piperidine rings is 1. The molecule has 0 aliphatic carbocycles. The van der Waals surface area contributed by atoms with E-state index in [2.05, 4.69) is 0 Å². The first-order valence-electron chi connectivity index (χ1n) is 9.95. The minimum Gasteiger partial charge on any atom is -0.381 e. The van der Waals surface area contributed by atoms with E-state index < -0.39 is 0 Å². The van der Waals surface area contributed by atoms with Crippen LogP contribution in [0.1, 0.15) is 18.4 Å². The van der Waals surface area contributed by atoms with Crippen molar-refractivity contribution in [3.8, 4) is 16.9 Å². The number of hydrogen-bond donors (Lipinski definition) is 0. The van der Waals surface area contributed by atoms with E-state index in [1.807, 2.05) is 82.5 Å². The van der Waals surface area contributed by atoms with Gasteiger partial charge in [0.2, 0.25) is 5.91 Å². The Morgan fingerprint density at radius 2 is 1.69 bits per heavy atom. The molecule has 1 amide bonds. The van der Waals surface area contributed by atoms with Gasteiger partial charge in [-0.3, -0.25) is 4.79 Å². The van der Waals surface area contributed by atoms with Gasteiger partial charge in [0.25, 0.3) is 0 Å². The molecule has 3 aromatic rings. The van der Waals surface area contributed by atoms with Crippen molar-refractivity contribution in [1.82, 2.24) is 14.7 Å². The predicted molar refractivity (Wildman–Crippen MR) is 115 cm³/mol. The van der Waals surface area contributed by atoms with Gasteiger partial charge in [-0.25, -0.2) is 4.68 Å². The first kappa shape index (κ1) is 19.2. The topological polar surface area (TPSA) is 47.4 Å². The molecule has 5 nitrogen and oxygen atoms in total. The number of carbonyl (C=O) groups excluding carboxylic acids is 1. The van der Waals surface area contributed by atoms with Crippen LogP contribution in [-0.2, 0) is 9.53 Å². The van der Waals surface area contributed by atoms with Crippen molar-refractivity contribution in [2.24, 2.45) is 0 Å². The highest BCUT2D eigenvalue weighted by molar-refractivity contribution is 5.93. The second-order valence-electron chi connectivity index (χ2n) is 7.17. The summed E-state index contributed by atoms with van der Waals surface area (Å²) in [4.78, 5) is 14.5. The second-order valence-corrected chi connectivity index (χ2v) is 7.17. The van der Waals surface area contributed by atoms with Gasteiger partial charge in [-0.15, -0.1) is 0 Å². The highest BCUT2D eigenvalue weighted by Gasteiger charge is 2.21. The second kappa shape index (κ2) is 8.88. The molecule has 0 unspecified atom stereocenters. The predicted octanol–water partition coefficient (Wildman–Crippen LogP) is 4.19. The van der Waals surface area contributed by atoms with Crippen molar-refractivity contribution in [2.75, 3.05) is 20.2 Å². The molecule has 0 bridgehead atoms. The SMILES string of the molecule is COC1CCN(C(=O)C=Cc2cn(-c3ccccc3)nc2-c2ccccc2)CC1. The molecule has 148 valence electrons. The van der Waals surface area contributed by atoms with Crippen LogP contribution in [0, 0.1) is 0 Å². The number of ether oxygens (including phenoxy) is 1. The molecule has 2 heterocycles. The molecule has 1 aliphatic rings. The van der Waals surface area contributed by atoms with Crippen LogP contribution in [0.15, 0.2) is 72.9 Å². The monoisotopic (exact) mass is 387 g/mol. The van der Waals surface area contributed by atoms with Crippen molar-refractivity contribution in [3.05, 3.63) is 78.5 Å². The van der Waals surface area contributed by atoms with Crippen molar-refractivity contribution in [2.45, 2.75) is 18.9 Å². The van der Waals surface area contributed by atoms with Crippen molar-refractivity contribution >= 4 is 12.0 Å². The molecule has 5 heteroatoms. The maximum absolute atomic E-state index is 12.7. The lowest BCUT2D eigenvalue weighted by Gasteiger charge is -2.30. The Kier molecular flexibility index (Phi) is 5.86. The van der Waals surface area contributed by atoms with E-state index in [9.17, 15) is 4.79 Å². The molecule has 1 aliphatic heterocycles. The zero-order chi connectivity index (χ0) is 20.1. The van der Waals surface area contributed by atoms with Gasteiger partial charge in [0.1, 0.15) is 0 Å². The van der Waals surface area contributed by atoms with Crippen LogP contribution in [0.2, 0.25) is 0 Å². The van der Waals surface area contributed by atoms with E-state index in [4.69, 9.17) is 9.84 Å². The quantitative estimate of drug-likeness (QED) is 0.617. The van der Waals surface area contributed by atoms with Crippen LogP contribution < -0.4 is 0 Å². The Hall–Kier alpha value is -3.18. The van der Waals surface area contributed by atoms with Gasteiger partial charge >= 0.3 is 0 Å². The molecule has 1 aromatic heterocycles. The molecule has 0 spiro atoms. The summed E-state index contributed by atoms with van der Waals surface area (Å²) in [6.07, 6.45) is 7.54. The number of carbonyl (C=O) groups is 1. The summed E-state index contributed by atoms with van der Waals surface area (Å²) < 4.78 is 7.25. The Morgan fingerprint density at radius 1 is 1.03 bits per heavy atom. The van der Waals surface area contributed by atoms with Crippen LogP contribution in [0.5, 0.6) is 0 Å². The summed E-state index contributed by atoms with van der Waals surface area (Å²) in [6.45, 7) is 1.47. The summed E-state index contributed by atoms with van der Waals surface area (Å²) in [5.41, 5.74) is 3.78. The van der Waals surface area contributed by atoms with Crippen LogP contribution in [0.3, 0.4) is 0 Å². The smallest absolute Gasteiger partial charge is 0.246 e. The fourth-order valence-electron chi connectivity index (χ4n) is 3.62. The average molecular weight is 387 g/mol. The van der Waals surface area contributed by atoms with Crippen molar-refractivity contribution in [3.63, 3.8) is 0 Å². The molecule has 4 rings (SSSR count). The summed E-state index contributed by atoms with van der Waals surface area (Å²) in [5, 5.41) is 4.79. The summed E-state index contributed by atoms with van der Waals surface area (Å²) >= 11 is 0. The lowest BCUT2D eigenvalue weighted by Crippen LogP contribution is -2.39. The number of rotatable bonds is 5. The van der Waals surface area contributed by atoms with E-state index in [0.717, 1.165) is 48.4 Å². The summed E-state index contributed by atoms with van der Waals surface area (Å²) in [6, 6.07) is 20.0. The van der Waals surface area contributed by atoms with Gasteiger partial charge in [-0.2, -0.15) is 5.10 Å². The first-order valence-corrected chi connectivity index (χ1v) is 9.95. The Bertz CT molecular complexity index is 972. The number of amides is 1. The van der Waals surface area contributed by atoms with Crippen LogP contribution in [0.4, 0.5) is 0 Å². The number of likely N-dealkylation sites (tertiary alicyclic amines) is 1. The zero-order valence-corrected chi connectivity index (χ0v) is 16.6. The first-order chi connectivity index (χ1) is 14.2. The third kappa shape index (κ3) is 4.46. The van der Waals surface area contributed by atoms with Gasteiger partial charge in [-0.1, -0.05) is 48.5 Å². The van der Waals surface area contributed by atoms with E-state index in [1.165, 1.54) is 0 Å². The number of nitrogens with zero attached hydrogens (tertiary/aromatic N) is 3. The average Bonchev–Trinajstić information content (AvgIpc) is 3.23. The fourth-order valence-corrected chi connectivity index (χ4v) is 3.62. The molecule has 0 radical (unpaired) electrons. The fraction of sp³-hybridized carbons (Fsp3) is 0.250. The molecule has 0 atom stereocenters. The minimum atomic E-state index is 0.0334. The van der Waals surface area contributed by atoms with Crippen LogP contribution in [-0.4, -0.2) is 46.9 Å². The molecule has 1 saturated heterocycles. The van der Waals surface area contributed by atoms with Crippen molar-refractivity contribution in [1.29, 1.82) is 0 Å². The van der Waals surface area contributed by atoms with E-state index >= 15 is 0 Å². The third-order valence-corrected chi connectivity index (χ3v) is 5.30. The molecule has 0 N–H and O–H groups in total. The van der Waals surface area contributed by atoms with Crippen LogP contribution in [0.25, 0.3) is 23.0 Å². The Labute approximate surface area is 171 Å². The normalized spacial score (nSPS) is 15.1. The molecular formula is C24H25N3O2. The number of aromatic nitrogens is 2. The lowest BCUT2D eigenvalue weighted by molar-refractivity contribution is -0.128. The van der Waals surface area contributed by atoms with Gasteiger partial charge in [0.05, 0.1) is 17.5 Å². The van der Waals surface area contributed by atoms with Gasteiger partial charge in [0, 0.05) is 43.6 Å². The lowest BCUT2D eigenvalue weighted by atomic mass is 10.1. The van der Waals surface area contributed by atoms with E-state index in [0.29, 0.717) is 0 Å².